The third-order valence-electron chi connectivity index (χ3n) is 4.21. The highest BCUT2D eigenvalue weighted by atomic mass is 16.5. The van der Waals surface area contributed by atoms with E-state index in [0.717, 1.165) is 52.3 Å². The van der Waals surface area contributed by atoms with Crippen LogP contribution in [-0.4, -0.2) is 17.1 Å². The molecule has 5 nitrogen and oxygen atoms in total. The smallest absolute Gasteiger partial charge is 0.176 e. The number of hydrogen-bond donors (Lipinski definition) is 1. The molecule has 4 aromatic rings. The molecule has 0 saturated heterocycles. The standard InChI is InChI=1S/C21H19N3O2/c1-25-20-10-16(14-24-13-15-3-2-6-23-12-15)9-18-11-19(26-21(18)20)17-4-7-22-8-5-17/h2-12,24H,13-14H2,1H3. The summed E-state index contributed by atoms with van der Waals surface area (Å²) < 4.78 is 11.6. The zero-order valence-electron chi connectivity index (χ0n) is 14.5. The van der Waals surface area contributed by atoms with Gasteiger partial charge in [-0.2, -0.15) is 0 Å². The van der Waals surface area contributed by atoms with Crippen molar-refractivity contribution in [3.05, 3.63) is 78.4 Å². The zero-order valence-corrected chi connectivity index (χ0v) is 14.5. The fraction of sp³-hybridized carbons (Fsp3) is 0.143. The van der Waals surface area contributed by atoms with Crippen LogP contribution in [0.4, 0.5) is 0 Å². The number of methoxy groups -OCH3 is 1. The first-order chi connectivity index (χ1) is 12.8. The summed E-state index contributed by atoms with van der Waals surface area (Å²) in [5, 5.41) is 4.46. The molecule has 0 spiro atoms. The molecule has 4 rings (SSSR count). The van der Waals surface area contributed by atoms with Gasteiger partial charge >= 0.3 is 0 Å². The van der Waals surface area contributed by atoms with E-state index in [0.29, 0.717) is 0 Å². The predicted molar refractivity (Wildman–Crippen MR) is 101 cm³/mol. The van der Waals surface area contributed by atoms with Gasteiger partial charge in [-0.05, 0) is 47.5 Å². The van der Waals surface area contributed by atoms with Crippen molar-refractivity contribution in [1.82, 2.24) is 15.3 Å². The van der Waals surface area contributed by atoms with Crippen molar-refractivity contribution >= 4 is 11.0 Å². The van der Waals surface area contributed by atoms with E-state index in [2.05, 4.69) is 27.4 Å². The van der Waals surface area contributed by atoms with Gasteiger partial charge in [0.25, 0.3) is 0 Å². The van der Waals surface area contributed by atoms with Crippen molar-refractivity contribution in [2.45, 2.75) is 13.1 Å². The number of aromatic nitrogens is 2. The molecule has 0 aliphatic carbocycles. The van der Waals surface area contributed by atoms with Crippen LogP contribution >= 0.6 is 0 Å². The SMILES string of the molecule is COc1cc(CNCc2cccnc2)cc2cc(-c3ccncc3)oc12. The van der Waals surface area contributed by atoms with E-state index in [1.165, 1.54) is 0 Å². The van der Waals surface area contributed by atoms with Crippen LogP contribution in [0.15, 0.2) is 71.7 Å². The van der Waals surface area contributed by atoms with E-state index in [1.54, 1.807) is 25.7 Å². The Morgan fingerprint density at radius 3 is 2.58 bits per heavy atom. The first kappa shape index (κ1) is 16.3. The summed E-state index contributed by atoms with van der Waals surface area (Å²) in [6.07, 6.45) is 7.16. The van der Waals surface area contributed by atoms with Crippen molar-refractivity contribution in [3.63, 3.8) is 0 Å². The van der Waals surface area contributed by atoms with E-state index in [1.807, 2.05) is 36.5 Å². The number of ether oxygens (including phenoxy) is 1. The zero-order chi connectivity index (χ0) is 17.8. The molecule has 0 saturated carbocycles. The van der Waals surface area contributed by atoms with E-state index in [9.17, 15) is 0 Å². The van der Waals surface area contributed by atoms with E-state index >= 15 is 0 Å². The molecule has 26 heavy (non-hydrogen) atoms. The number of furan rings is 1. The Morgan fingerprint density at radius 1 is 0.962 bits per heavy atom. The average Bonchev–Trinajstić information content (AvgIpc) is 3.13. The van der Waals surface area contributed by atoms with Gasteiger partial charge in [0, 0.05) is 48.8 Å². The minimum atomic E-state index is 0.733. The summed E-state index contributed by atoms with van der Waals surface area (Å²) in [5.41, 5.74) is 4.05. The first-order valence-corrected chi connectivity index (χ1v) is 8.44. The number of hydrogen-bond acceptors (Lipinski definition) is 5. The second kappa shape index (κ2) is 7.37. The maximum Gasteiger partial charge on any atom is 0.176 e. The molecule has 1 aromatic carbocycles. The highest BCUT2D eigenvalue weighted by Crippen LogP contribution is 2.34. The molecule has 3 heterocycles. The lowest BCUT2D eigenvalue weighted by Crippen LogP contribution is -2.12. The molecule has 0 aliphatic heterocycles. The lowest BCUT2D eigenvalue weighted by molar-refractivity contribution is 0.410. The lowest BCUT2D eigenvalue weighted by atomic mass is 10.1. The van der Waals surface area contributed by atoms with Gasteiger partial charge in [-0.3, -0.25) is 9.97 Å². The minimum Gasteiger partial charge on any atom is -0.493 e. The van der Waals surface area contributed by atoms with Gasteiger partial charge in [-0.25, -0.2) is 0 Å². The van der Waals surface area contributed by atoms with Crippen LogP contribution < -0.4 is 10.1 Å². The highest BCUT2D eigenvalue weighted by molar-refractivity contribution is 5.88. The van der Waals surface area contributed by atoms with Crippen LogP contribution in [0.25, 0.3) is 22.3 Å². The quantitative estimate of drug-likeness (QED) is 0.568. The van der Waals surface area contributed by atoms with Gasteiger partial charge in [0.1, 0.15) is 5.76 Å². The van der Waals surface area contributed by atoms with Gasteiger partial charge < -0.3 is 14.5 Å². The Labute approximate surface area is 151 Å². The number of nitrogens with one attached hydrogen (secondary N) is 1. The molecule has 0 amide bonds. The van der Waals surface area contributed by atoms with Crippen LogP contribution in [0, 0.1) is 0 Å². The lowest BCUT2D eigenvalue weighted by Gasteiger charge is -2.07. The number of benzene rings is 1. The van der Waals surface area contributed by atoms with Crippen LogP contribution in [-0.2, 0) is 13.1 Å². The third-order valence-corrected chi connectivity index (χ3v) is 4.21. The molecule has 3 aromatic heterocycles. The van der Waals surface area contributed by atoms with E-state index < -0.39 is 0 Å². The molecule has 0 radical (unpaired) electrons. The minimum absolute atomic E-state index is 0.733. The maximum absolute atomic E-state index is 6.02. The normalized spacial score (nSPS) is 11.0. The molecule has 130 valence electrons. The summed E-state index contributed by atoms with van der Waals surface area (Å²) in [7, 11) is 1.66. The summed E-state index contributed by atoms with van der Waals surface area (Å²) in [5.74, 6) is 1.54. The van der Waals surface area contributed by atoms with Gasteiger partial charge in [-0.15, -0.1) is 0 Å². The van der Waals surface area contributed by atoms with Gasteiger partial charge in [0.05, 0.1) is 7.11 Å². The highest BCUT2D eigenvalue weighted by Gasteiger charge is 2.12. The Bertz CT molecular complexity index is 998. The molecule has 0 fully saturated rings. The molecular formula is C21H19N3O2. The molecule has 0 unspecified atom stereocenters. The largest absolute Gasteiger partial charge is 0.493 e. The topological polar surface area (TPSA) is 60.2 Å². The van der Waals surface area contributed by atoms with Crippen LogP contribution in [0.2, 0.25) is 0 Å². The van der Waals surface area contributed by atoms with Crippen molar-refractivity contribution in [2.24, 2.45) is 0 Å². The fourth-order valence-corrected chi connectivity index (χ4v) is 2.95. The molecule has 1 N–H and O–H groups in total. The summed E-state index contributed by atoms with van der Waals surface area (Å²) in [6, 6.07) is 14.0. The predicted octanol–water partition coefficient (Wildman–Crippen LogP) is 4.19. The van der Waals surface area contributed by atoms with Gasteiger partial charge in [0.2, 0.25) is 0 Å². The number of pyridine rings is 2. The molecule has 0 bridgehead atoms. The second-order valence-corrected chi connectivity index (χ2v) is 6.03. The summed E-state index contributed by atoms with van der Waals surface area (Å²) in [6.45, 7) is 1.50. The molecule has 0 aliphatic rings. The molecular weight excluding hydrogens is 326 g/mol. The molecule has 5 heteroatoms. The second-order valence-electron chi connectivity index (χ2n) is 6.03. The Morgan fingerprint density at radius 2 is 1.81 bits per heavy atom. The van der Waals surface area contributed by atoms with E-state index in [4.69, 9.17) is 9.15 Å². The van der Waals surface area contributed by atoms with Gasteiger partial charge in [-0.1, -0.05) is 6.07 Å². The van der Waals surface area contributed by atoms with Crippen molar-refractivity contribution in [2.75, 3.05) is 7.11 Å². The molecule has 0 atom stereocenters. The number of rotatable bonds is 6. The number of nitrogens with zero attached hydrogens (tertiary/aromatic N) is 2. The summed E-state index contributed by atoms with van der Waals surface area (Å²) in [4.78, 5) is 8.19. The van der Waals surface area contributed by atoms with Crippen molar-refractivity contribution in [1.29, 1.82) is 0 Å². The average molecular weight is 345 g/mol. The number of fused-ring (bicyclic) bond motifs is 1. The Hall–Kier alpha value is -3.18. The maximum atomic E-state index is 6.02. The van der Waals surface area contributed by atoms with E-state index in [-0.39, 0.29) is 0 Å². The van der Waals surface area contributed by atoms with Crippen LogP contribution in [0.5, 0.6) is 5.75 Å². The van der Waals surface area contributed by atoms with Crippen molar-refractivity contribution in [3.8, 4) is 17.1 Å². The Balaban J connectivity index is 1.58. The third kappa shape index (κ3) is 3.43. The van der Waals surface area contributed by atoms with Crippen LogP contribution in [0.1, 0.15) is 11.1 Å². The monoisotopic (exact) mass is 345 g/mol. The summed E-state index contributed by atoms with van der Waals surface area (Å²) >= 11 is 0. The van der Waals surface area contributed by atoms with Crippen LogP contribution in [0.3, 0.4) is 0 Å². The first-order valence-electron chi connectivity index (χ1n) is 8.44. The fourth-order valence-electron chi connectivity index (χ4n) is 2.95. The Kier molecular flexibility index (Phi) is 4.62. The van der Waals surface area contributed by atoms with Gasteiger partial charge in [0.15, 0.2) is 11.3 Å². The van der Waals surface area contributed by atoms with Crippen molar-refractivity contribution < 1.29 is 9.15 Å².